The summed E-state index contributed by atoms with van der Waals surface area (Å²) in [5.41, 5.74) is 6.83. The molecule has 8 rings (SSSR count). The van der Waals surface area contributed by atoms with Gasteiger partial charge in [0.2, 0.25) is 0 Å². The van der Waals surface area contributed by atoms with E-state index in [9.17, 15) is 0 Å². The highest BCUT2D eigenvalue weighted by Gasteiger charge is 2.62. The minimum Gasteiger partial charge on any atom is -0.327 e. The van der Waals surface area contributed by atoms with E-state index < -0.39 is 0 Å². The molecule has 0 amide bonds. The molecule has 0 saturated heterocycles. The lowest BCUT2D eigenvalue weighted by Gasteiger charge is -2.67. The second kappa shape index (κ2) is 8.23. The molecule has 1 unspecified atom stereocenters. The van der Waals surface area contributed by atoms with Crippen molar-refractivity contribution in [2.24, 2.45) is 41.2 Å². The second-order valence-electron chi connectivity index (χ2n) is 13.5. The maximum Gasteiger partial charge on any atom is 0.0171 e. The van der Waals surface area contributed by atoms with E-state index in [4.69, 9.17) is 5.73 Å². The molecule has 2 N–H and O–H groups in total. The average molecular weight is 445 g/mol. The van der Waals surface area contributed by atoms with Crippen LogP contribution in [-0.4, -0.2) is 47.1 Å². The number of nitrogens with zero attached hydrogens (tertiary/aromatic N) is 1. The van der Waals surface area contributed by atoms with Gasteiger partial charge in [-0.3, -0.25) is 0 Å². The van der Waals surface area contributed by atoms with Gasteiger partial charge >= 0.3 is 0 Å². The first-order valence-corrected chi connectivity index (χ1v) is 15.8. The van der Waals surface area contributed by atoms with Crippen molar-refractivity contribution in [3.8, 4) is 0 Å². The van der Waals surface area contributed by atoms with E-state index in [1.165, 1.54) is 12.6 Å². The molecule has 0 heterocycles. The van der Waals surface area contributed by atoms with E-state index >= 15 is 0 Å². The summed E-state index contributed by atoms with van der Waals surface area (Å²) >= 11 is 0. The van der Waals surface area contributed by atoms with Gasteiger partial charge < -0.3 is 10.6 Å². The van der Waals surface area contributed by atoms with Crippen molar-refractivity contribution in [1.29, 1.82) is 0 Å². The first-order valence-electron chi connectivity index (χ1n) is 14.2. The summed E-state index contributed by atoms with van der Waals surface area (Å²) in [5.74, 6) is 6.64. The Morgan fingerprint density at radius 1 is 0.710 bits per heavy atom. The van der Waals surface area contributed by atoms with Crippen LogP contribution in [-0.2, 0) is 0 Å². The van der Waals surface area contributed by atoms with Gasteiger partial charge in [0.15, 0.2) is 0 Å². The number of hydrogen-bond acceptors (Lipinski definition) is 2. The Bertz CT molecular complexity index is 541. The van der Waals surface area contributed by atoms with Crippen LogP contribution >= 0.6 is 7.92 Å². The van der Waals surface area contributed by atoms with Crippen molar-refractivity contribution in [1.82, 2.24) is 4.90 Å². The van der Waals surface area contributed by atoms with Gasteiger partial charge in [-0.15, -0.1) is 0 Å². The molecule has 0 aromatic heterocycles. The predicted octanol–water partition coefficient (Wildman–Crippen LogP) is 6.47. The lowest BCUT2D eigenvalue weighted by Crippen LogP contribution is -2.57. The van der Waals surface area contributed by atoms with Crippen molar-refractivity contribution >= 4 is 7.92 Å². The molecule has 176 valence electrons. The Balaban J connectivity index is 1.26. The van der Waals surface area contributed by atoms with E-state index in [1.807, 2.05) is 0 Å². The lowest BCUT2D eigenvalue weighted by atomic mass is 9.55. The second-order valence-corrected chi connectivity index (χ2v) is 16.7. The van der Waals surface area contributed by atoms with Crippen LogP contribution in [0.15, 0.2) is 0 Å². The van der Waals surface area contributed by atoms with Crippen LogP contribution in [0.25, 0.3) is 0 Å². The van der Waals surface area contributed by atoms with Crippen LogP contribution in [0.2, 0.25) is 0 Å². The fourth-order valence-electron chi connectivity index (χ4n) is 11.0. The van der Waals surface area contributed by atoms with Crippen LogP contribution in [0.4, 0.5) is 0 Å². The Labute approximate surface area is 193 Å². The molecule has 3 heteroatoms. The monoisotopic (exact) mass is 444 g/mol. The van der Waals surface area contributed by atoms with Gasteiger partial charge in [-0.2, -0.15) is 0 Å². The molecule has 0 aromatic rings. The van der Waals surface area contributed by atoms with Gasteiger partial charge in [-0.25, -0.2) is 0 Å². The molecule has 8 fully saturated rings. The quantitative estimate of drug-likeness (QED) is 0.413. The molecule has 0 aliphatic heterocycles. The van der Waals surface area contributed by atoms with Gasteiger partial charge in [0, 0.05) is 12.6 Å². The third-order valence-electron chi connectivity index (χ3n) is 11.3. The molecular weight excluding hydrogens is 395 g/mol. The zero-order valence-corrected chi connectivity index (χ0v) is 21.4. The topological polar surface area (TPSA) is 29.3 Å². The summed E-state index contributed by atoms with van der Waals surface area (Å²) in [5, 5.41) is 1.56. The van der Waals surface area contributed by atoms with Gasteiger partial charge in [0.1, 0.15) is 0 Å². The normalized spacial score (nSPS) is 49.2. The van der Waals surface area contributed by atoms with Crippen LogP contribution in [0.3, 0.4) is 0 Å². The Hall–Kier alpha value is 0.350. The predicted molar refractivity (Wildman–Crippen MR) is 134 cm³/mol. The standard InChI is InChI=1S/C28H49N2P/c1-3-30(4-2)19-26(29)5-6-31(27-13-20-7-21(14-27)9-22(8-20)15-27)28-16-23-10-24(17-28)12-25(11-23)18-28/h20-26H,3-19,29H2,1-2H3. The molecular formula is C28H49N2P. The number of likely N-dealkylation sites (N-methyl/N-ethyl adjacent to an activating group) is 1. The minimum atomic E-state index is 0.127. The smallest absolute Gasteiger partial charge is 0.0171 e. The first kappa shape index (κ1) is 21.9. The van der Waals surface area contributed by atoms with Crippen LogP contribution < -0.4 is 5.73 Å². The van der Waals surface area contributed by atoms with E-state index in [2.05, 4.69) is 18.7 Å². The fraction of sp³-hybridized carbons (Fsp3) is 1.00. The molecule has 8 aliphatic rings. The van der Waals surface area contributed by atoms with E-state index in [1.54, 1.807) is 77.0 Å². The Morgan fingerprint density at radius 3 is 1.39 bits per heavy atom. The van der Waals surface area contributed by atoms with Crippen molar-refractivity contribution in [3.05, 3.63) is 0 Å². The third-order valence-corrected chi connectivity index (χ3v) is 15.4. The molecule has 8 bridgehead atoms. The summed E-state index contributed by atoms with van der Waals surface area (Å²) < 4.78 is 0. The Kier molecular flexibility index (Phi) is 5.80. The van der Waals surface area contributed by atoms with Crippen LogP contribution in [0, 0.1) is 35.5 Å². The number of rotatable bonds is 9. The Morgan fingerprint density at radius 2 is 1.06 bits per heavy atom. The SMILES string of the molecule is CCN(CC)CC(N)CCP(C12CC3CC(CC(C3)C1)C2)C12CC3CC(CC(C3)C1)C2. The van der Waals surface area contributed by atoms with E-state index in [0.29, 0.717) is 6.04 Å². The largest absolute Gasteiger partial charge is 0.327 e. The van der Waals surface area contributed by atoms with Crippen molar-refractivity contribution in [2.75, 3.05) is 25.8 Å². The summed E-state index contributed by atoms with van der Waals surface area (Å²) in [4.78, 5) is 2.56. The molecule has 31 heavy (non-hydrogen) atoms. The van der Waals surface area contributed by atoms with E-state index in [0.717, 1.165) is 65.5 Å². The molecule has 0 spiro atoms. The highest BCUT2D eigenvalue weighted by Crippen LogP contribution is 2.78. The summed E-state index contributed by atoms with van der Waals surface area (Å²) in [6, 6.07) is 0.396. The van der Waals surface area contributed by atoms with Crippen LogP contribution in [0.5, 0.6) is 0 Å². The fourth-order valence-corrected chi connectivity index (χ4v) is 16.4. The molecule has 8 saturated carbocycles. The summed E-state index contributed by atoms with van der Waals surface area (Å²) in [6.45, 7) is 8.03. The molecule has 1 atom stereocenters. The maximum atomic E-state index is 6.83. The van der Waals surface area contributed by atoms with Crippen LogP contribution in [0.1, 0.15) is 97.3 Å². The number of nitrogens with two attached hydrogens (primary N) is 1. The summed E-state index contributed by atoms with van der Waals surface area (Å²) in [6.07, 6.45) is 22.3. The van der Waals surface area contributed by atoms with Gasteiger partial charge in [-0.05, 0) is 149 Å². The highest BCUT2D eigenvalue weighted by atomic mass is 31.1. The highest BCUT2D eigenvalue weighted by molar-refractivity contribution is 7.61. The van der Waals surface area contributed by atoms with Gasteiger partial charge in [0.25, 0.3) is 0 Å². The van der Waals surface area contributed by atoms with Gasteiger partial charge in [0.05, 0.1) is 0 Å². The van der Waals surface area contributed by atoms with Gasteiger partial charge in [-0.1, -0.05) is 21.8 Å². The summed E-state index contributed by atoms with van der Waals surface area (Å²) in [7, 11) is 0.127. The molecule has 8 aliphatic carbocycles. The van der Waals surface area contributed by atoms with Crippen molar-refractivity contribution < 1.29 is 0 Å². The van der Waals surface area contributed by atoms with Crippen molar-refractivity contribution in [2.45, 2.75) is 114 Å². The zero-order valence-electron chi connectivity index (χ0n) is 20.5. The maximum absolute atomic E-state index is 6.83. The number of hydrogen-bond donors (Lipinski definition) is 1. The third kappa shape index (κ3) is 3.87. The zero-order chi connectivity index (χ0) is 21.2. The first-order chi connectivity index (χ1) is 15.0. The van der Waals surface area contributed by atoms with Crippen molar-refractivity contribution in [3.63, 3.8) is 0 Å². The lowest BCUT2D eigenvalue weighted by molar-refractivity contribution is 0.0185. The molecule has 0 aromatic carbocycles. The molecule has 0 radical (unpaired) electrons. The molecule has 2 nitrogen and oxygen atoms in total. The average Bonchev–Trinajstić information content (AvgIpc) is 2.69. The van der Waals surface area contributed by atoms with E-state index in [-0.39, 0.29) is 7.92 Å². The minimum absolute atomic E-state index is 0.127.